The van der Waals surface area contributed by atoms with Gasteiger partial charge in [0.15, 0.2) is 11.4 Å². The third kappa shape index (κ3) is 6.42. The molecule has 4 rings (SSSR count). The molecule has 0 radical (unpaired) electrons. The Kier molecular flexibility index (Phi) is 8.43. The van der Waals surface area contributed by atoms with Crippen LogP contribution in [0.1, 0.15) is 35.5 Å². The zero-order valence-electron chi connectivity index (χ0n) is 18.8. The molecule has 2 aromatic carbocycles. The van der Waals surface area contributed by atoms with Crippen LogP contribution in [-0.2, 0) is 27.4 Å². The minimum absolute atomic E-state index is 0.0327. The molecule has 2 N–H and O–H groups in total. The van der Waals surface area contributed by atoms with Crippen molar-refractivity contribution in [1.82, 2.24) is 9.55 Å². The molecule has 0 bridgehead atoms. The van der Waals surface area contributed by atoms with Crippen LogP contribution in [0.15, 0.2) is 67.5 Å². The van der Waals surface area contributed by atoms with Crippen molar-refractivity contribution in [3.05, 3.63) is 94.5 Å². The Hall–Kier alpha value is -2.88. The fourth-order valence-corrected chi connectivity index (χ4v) is 4.09. The number of carbonyl (C=O) groups is 1. The molecule has 8 nitrogen and oxygen atoms in total. The van der Waals surface area contributed by atoms with Crippen molar-refractivity contribution in [2.24, 2.45) is 0 Å². The molecule has 1 aliphatic heterocycles. The number of amides is 1. The standard InChI is InChI=1S/C25H25Cl2N3O5/c1-2-10-33-25(32)29-19-5-3-4-18(11-19)24-34-20(13-30-15-28-22(26)23(30)27)12-21(35-24)17-8-6-16(14-31)7-9-17/h2-9,11,15,20-21,24,31H,1,10,12-14H2,(H,29,32)/t20-,21+,24+/m1/s1. The van der Waals surface area contributed by atoms with E-state index >= 15 is 0 Å². The number of imidazole rings is 1. The van der Waals surface area contributed by atoms with Crippen LogP contribution in [-0.4, -0.2) is 33.5 Å². The number of nitrogens with zero attached hydrogens (tertiary/aromatic N) is 2. The summed E-state index contributed by atoms with van der Waals surface area (Å²) >= 11 is 12.3. The van der Waals surface area contributed by atoms with Crippen molar-refractivity contribution in [2.45, 2.75) is 38.1 Å². The van der Waals surface area contributed by atoms with E-state index in [0.717, 1.165) is 16.7 Å². The predicted octanol–water partition coefficient (Wildman–Crippen LogP) is 5.66. The molecule has 3 aromatic rings. The molecule has 184 valence electrons. The summed E-state index contributed by atoms with van der Waals surface area (Å²) in [7, 11) is 0. The summed E-state index contributed by atoms with van der Waals surface area (Å²) in [6, 6.07) is 14.8. The highest BCUT2D eigenvalue weighted by Crippen LogP contribution is 2.39. The highest BCUT2D eigenvalue weighted by Gasteiger charge is 2.33. The maximum atomic E-state index is 11.9. The van der Waals surface area contributed by atoms with Crippen LogP contribution in [0.5, 0.6) is 0 Å². The summed E-state index contributed by atoms with van der Waals surface area (Å²) < 4.78 is 19.3. The second-order valence-electron chi connectivity index (χ2n) is 7.97. The van der Waals surface area contributed by atoms with Gasteiger partial charge in [-0.25, -0.2) is 9.78 Å². The molecule has 1 amide bonds. The number of halogens is 2. The molecule has 0 unspecified atom stereocenters. The summed E-state index contributed by atoms with van der Waals surface area (Å²) in [5.41, 5.74) is 3.04. The number of hydrogen-bond donors (Lipinski definition) is 2. The Bertz CT molecular complexity index is 1170. The fourth-order valence-electron chi connectivity index (χ4n) is 3.77. The molecule has 0 spiro atoms. The highest BCUT2D eigenvalue weighted by molar-refractivity contribution is 6.40. The second-order valence-corrected chi connectivity index (χ2v) is 8.68. The Balaban J connectivity index is 1.57. The molecular weight excluding hydrogens is 493 g/mol. The smallest absolute Gasteiger partial charge is 0.411 e. The molecule has 3 atom stereocenters. The largest absolute Gasteiger partial charge is 0.445 e. The third-order valence-corrected chi connectivity index (χ3v) is 6.26. The van der Waals surface area contributed by atoms with Crippen LogP contribution < -0.4 is 5.32 Å². The van der Waals surface area contributed by atoms with Gasteiger partial charge in [-0.3, -0.25) is 5.32 Å². The molecule has 1 aromatic heterocycles. The summed E-state index contributed by atoms with van der Waals surface area (Å²) in [6.45, 7) is 4.03. The third-order valence-electron chi connectivity index (χ3n) is 5.49. The average molecular weight is 518 g/mol. The number of ether oxygens (including phenoxy) is 3. The number of carbonyl (C=O) groups excluding carboxylic acids is 1. The first-order chi connectivity index (χ1) is 17.0. The van der Waals surface area contributed by atoms with Gasteiger partial charge in [-0.05, 0) is 23.3 Å². The Morgan fingerprint density at radius 2 is 2.03 bits per heavy atom. The first kappa shape index (κ1) is 25.2. The van der Waals surface area contributed by atoms with Gasteiger partial charge in [-0.2, -0.15) is 0 Å². The lowest BCUT2D eigenvalue weighted by Gasteiger charge is -2.36. The van der Waals surface area contributed by atoms with E-state index in [2.05, 4.69) is 16.9 Å². The van der Waals surface area contributed by atoms with Crippen molar-refractivity contribution in [3.63, 3.8) is 0 Å². The fraction of sp³-hybridized carbons (Fsp3) is 0.280. The highest BCUT2D eigenvalue weighted by atomic mass is 35.5. The van der Waals surface area contributed by atoms with Gasteiger partial charge in [-0.15, -0.1) is 0 Å². The van der Waals surface area contributed by atoms with E-state index in [1.165, 1.54) is 6.08 Å². The van der Waals surface area contributed by atoms with E-state index in [1.807, 2.05) is 30.3 Å². The summed E-state index contributed by atoms with van der Waals surface area (Å²) in [5, 5.41) is 12.6. The van der Waals surface area contributed by atoms with Gasteiger partial charge < -0.3 is 23.9 Å². The number of anilines is 1. The number of benzene rings is 2. The molecule has 10 heteroatoms. The number of nitrogens with one attached hydrogen (secondary N) is 1. The van der Waals surface area contributed by atoms with Gasteiger partial charge in [0.1, 0.15) is 11.8 Å². The molecular formula is C25H25Cl2N3O5. The summed E-state index contributed by atoms with van der Waals surface area (Å²) in [4.78, 5) is 16.0. The van der Waals surface area contributed by atoms with Gasteiger partial charge >= 0.3 is 6.09 Å². The van der Waals surface area contributed by atoms with E-state index in [4.69, 9.17) is 37.4 Å². The minimum Gasteiger partial charge on any atom is -0.445 e. The van der Waals surface area contributed by atoms with E-state index in [0.29, 0.717) is 23.8 Å². The van der Waals surface area contributed by atoms with Crippen LogP contribution in [0.25, 0.3) is 0 Å². The maximum absolute atomic E-state index is 11.9. The lowest BCUT2D eigenvalue weighted by Crippen LogP contribution is -2.32. The SMILES string of the molecule is C=CCOC(=O)Nc1cccc([C@H]2O[C@@H](Cn3cnc(Cl)c3Cl)C[C@@H](c3ccc(CO)cc3)O2)c1. The maximum Gasteiger partial charge on any atom is 0.411 e. The van der Waals surface area contributed by atoms with Crippen LogP contribution in [0.3, 0.4) is 0 Å². The predicted molar refractivity (Wildman–Crippen MR) is 132 cm³/mol. The number of hydrogen-bond acceptors (Lipinski definition) is 6. The first-order valence-corrected chi connectivity index (χ1v) is 11.7. The lowest BCUT2D eigenvalue weighted by atomic mass is 10.00. The zero-order valence-corrected chi connectivity index (χ0v) is 20.3. The average Bonchev–Trinajstić information content (AvgIpc) is 3.19. The number of aliphatic hydroxyl groups is 1. The normalized spacial score (nSPS) is 19.8. The van der Waals surface area contributed by atoms with E-state index in [1.54, 1.807) is 29.1 Å². The Labute approximate surface area is 213 Å². The molecule has 0 aliphatic carbocycles. The lowest BCUT2D eigenvalue weighted by molar-refractivity contribution is -0.252. The van der Waals surface area contributed by atoms with Crippen molar-refractivity contribution < 1.29 is 24.1 Å². The number of aliphatic hydroxyl groups excluding tert-OH is 1. The van der Waals surface area contributed by atoms with Gasteiger partial charge in [-0.1, -0.05) is 72.3 Å². The molecule has 2 heterocycles. The summed E-state index contributed by atoms with van der Waals surface area (Å²) in [5.74, 6) is 0. The Morgan fingerprint density at radius 3 is 2.71 bits per heavy atom. The number of rotatable bonds is 8. The monoisotopic (exact) mass is 517 g/mol. The summed E-state index contributed by atoms with van der Waals surface area (Å²) in [6.07, 6.45) is 1.79. The van der Waals surface area contributed by atoms with Crippen molar-refractivity contribution in [3.8, 4) is 0 Å². The van der Waals surface area contributed by atoms with Crippen LogP contribution in [0.2, 0.25) is 10.3 Å². The molecule has 35 heavy (non-hydrogen) atoms. The Morgan fingerprint density at radius 1 is 1.23 bits per heavy atom. The van der Waals surface area contributed by atoms with Crippen molar-refractivity contribution >= 4 is 35.0 Å². The molecule has 0 saturated carbocycles. The topological polar surface area (TPSA) is 94.8 Å². The minimum atomic E-state index is -0.708. The van der Waals surface area contributed by atoms with Gasteiger partial charge in [0.2, 0.25) is 0 Å². The van der Waals surface area contributed by atoms with Crippen molar-refractivity contribution in [1.29, 1.82) is 0 Å². The molecule has 1 fully saturated rings. The molecule has 1 aliphatic rings. The van der Waals surface area contributed by atoms with E-state index in [9.17, 15) is 9.90 Å². The molecule has 1 saturated heterocycles. The van der Waals surface area contributed by atoms with Gasteiger partial charge in [0.25, 0.3) is 0 Å². The van der Waals surface area contributed by atoms with Crippen molar-refractivity contribution in [2.75, 3.05) is 11.9 Å². The zero-order chi connectivity index (χ0) is 24.8. The van der Waals surface area contributed by atoms with Crippen LogP contribution >= 0.6 is 23.2 Å². The van der Waals surface area contributed by atoms with Gasteiger partial charge in [0, 0.05) is 17.7 Å². The first-order valence-electron chi connectivity index (χ1n) is 11.0. The van der Waals surface area contributed by atoms with E-state index < -0.39 is 12.4 Å². The van der Waals surface area contributed by atoms with Crippen LogP contribution in [0, 0.1) is 0 Å². The van der Waals surface area contributed by atoms with Gasteiger partial charge in [0.05, 0.1) is 31.7 Å². The van der Waals surface area contributed by atoms with E-state index in [-0.39, 0.29) is 30.6 Å². The quantitative estimate of drug-likeness (QED) is 0.374. The second kappa shape index (κ2) is 11.7. The number of aromatic nitrogens is 2. The van der Waals surface area contributed by atoms with Crippen LogP contribution in [0.4, 0.5) is 10.5 Å².